The summed E-state index contributed by atoms with van der Waals surface area (Å²) in [4.78, 5) is 15.2. The van der Waals surface area contributed by atoms with Crippen molar-refractivity contribution < 1.29 is 9.21 Å². The molecule has 3 N–H and O–H groups in total. The van der Waals surface area contributed by atoms with Gasteiger partial charge in [-0.3, -0.25) is 9.79 Å². The molecule has 7 heteroatoms. The second kappa shape index (κ2) is 13.2. The van der Waals surface area contributed by atoms with E-state index in [4.69, 9.17) is 4.42 Å². The highest BCUT2D eigenvalue weighted by Gasteiger charge is 1.99. The van der Waals surface area contributed by atoms with Crippen LogP contribution in [0.2, 0.25) is 0 Å². The molecule has 1 amide bonds. The Hall–Kier alpha value is -1.51. The molecule has 0 aliphatic heterocycles. The molecule has 1 aromatic rings. The van der Waals surface area contributed by atoms with E-state index >= 15 is 0 Å². The van der Waals surface area contributed by atoms with Gasteiger partial charge in [-0.05, 0) is 18.6 Å². The molecule has 0 fully saturated rings. The zero-order chi connectivity index (χ0) is 15.3. The fourth-order valence-corrected chi connectivity index (χ4v) is 1.64. The molecule has 1 aromatic heterocycles. The molecule has 0 aromatic carbocycles. The number of hydrogen-bond donors (Lipinski definition) is 3. The third-order valence-electron chi connectivity index (χ3n) is 2.64. The molecular formula is C15H25IN4O2. The summed E-state index contributed by atoms with van der Waals surface area (Å²) in [6, 6.07) is 3.82. The van der Waals surface area contributed by atoms with Crippen molar-refractivity contribution in [2.24, 2.45) is 4.99 Å². The highest BCUT2D eigenvalue weighted by atomic mass is 127. The van der Waals surface area contributed by atoms with E-state index < -0.39 is 0 Å². The average molecular weight is 420 g/mol. The maximum atomic E-state index is 10.7. The van der Waals surface area contributed by atoms with Gasteiger partial charge >= 0.3 is 0 Å². The normalized spacial score (nSPS) is 10.5. The van der Waals surface area contributed by atoms with Crippen LogP contribution in [0.1, 0.15) is 19.1 Å². The molecule has 6 nitrogen and oxygen atoms in total. The number of halogens is 1. The molecule has 0 bridgehead atoms. The quantitative estimate of drug-likeness (QED) is 0.187. The number of nitrogens with one attached hydrogen (secondary N) is 3. The molecule has 124 valence electrons. The van der Waals surface area contributed by atoms with Crippen LogP contribution in [0.5, 0.6) is 0 Å². The lowest BCUT2D eigenvalue weighted by atomic mass is 10.3. The fraction of sp³-hybridized carbons (Fsp3) is 0.467. The monoisotopic (exact) mass is 420 g/mol. The van der Waals surface area contributed by atoms with E-state index in [0.717, 1.165) is 31.1 Å². The van der Waals surface area contributed by atoms with Gasteiger partial charge in [0.05, 0.1) is 6.26 Å². The first-order valence-corrected chi connectivity index (χ1v) is 7.12. The Labute approximate surface area is 148 Å². The van der Waals surface area contributed by atoms with Gasteiger partial charge in [-0.2, -0.15) is 0 Å². The Bertz CT molecular complexity index is 446. The molecular weight excluding hydrogens is 395 g/mol. The van der Waals surface area contributed by atoms with Crippen molar-refractivity contribution in [2.45, 2.75) is 19.8 Å². The van der Waals surface area contributed by atoms with E-state index in [-0.39, 0.29) is 29.9 Å². The van der Waals surface area contributed by atoms with Crippen LogP contribution in [0.25, 0.3) is 0 Å². The van der Waals surface area contributed by atoms with Crippen LogP contribution < -0.4 is 16.0 Å². The van der Waals surface area contributed by atoms with Crippen molar-refractivity contribution in [2.75, 3.05) is 26.2 Å². The van der Waals surface area contributed by atoms with E-state index in [2.05, 4.69) is 27.5 Å². The summed E-state index contributed by atoms with van der Waals surface area (Å²) in [7, 11) is 0. The number of aliphatic imine (C=N–C) groups is 1. The summed E-state index contributed by atoms with van der Waals surface area (Å²) in [6.45, 7) is 7.86. The lowest BCUT2D eigenvalue weighted by Crippen LogP contribution is -2.38. The maximum Gasteiger partial charge on any atom is 0.216 e. The van der Waals surface area contributed by atoms with Gasteiger partial charge in [-0.15, -0.1) is 30.6 Å². The molecule has 0 saturated carbocycles. The first kappa shape index (κ1) is 20.5. The molecule has 0 atom stereocenters. The van der Waals surface area contributed by atoms with Gasteiger partial charge in [0.2, 0.25) is 5.91 Å². The molecule has 0 aliphatic rings. The van der Waals surface area contributed by atoms with E-state index in [9.17, 15) is 4.79 Å². The van der Waals surface area contributed by atoms with Crippen LogP contribution >= 0.6 is 24.0 Å². The lowest BCUT2D eigenvalue weighted by Gasteiger charge is -2.10. The largest absolute Gasteiger partial charge is 0.469 e. The number of furan rings is 1. The van der Waals surface area contributed by atoms with Crippen LogP contribution in [-0.2, 0) is 11.2 Å². The van der Waals surface area contributed by atoms with Crippen molar-refractivity contribution >= 4 is 35.8 Å². The van der Waals surface area contributed by atoms with Crippen LogP contribution in [0.15, 0.2) is 40.5 Å². The Morgan fingerprint density at radius 1 is 1.36 bits per heavy atom. The van der Waals surface area contributed by atoms with Gasteiger partial charge in [-0.1, -0.05) is 6.08 Å². The van der Waals surface area contributed by atoms with Gasteiger partial charge in [0.15, 0.2) is 5.96 Å². The standard InChI is InChI=1S/C15H24N4O2.HI/c1-3-8-17-15(18-10-5-9-16-13(2)20)19-11-7-14-6-4-12-21-14;/h3-4,6,12H,1,5,7-11H2,2H3,(H,16,20)(H2,17,18,19);1H. The second-order valence-electron chi connectivity index (χ2n) is 4.49. The van der Waals surface area contributed by atoms with Gasteiger partial charge in [0.1, 0.15) is 5.76 Å². The maximum absolute atomic E-state index is 10.7. The number of hydrogen-bond acceptors (Lipinski definition) is 3. The summed E-state index contributed by atoms with van der Waals surface area (Å²) >= 11 is 0. The SMILES string of the molecule is C=CCNC(=NCCCNC(C)=O)NCCc1ccco1.I. The van der Waals surface area contributed by atoms with Crippen molar-refractivity contribution in [3.05, 3.63) is 36.8 Å². The molecule has 0 saturated heterocycles. The molecule has 0 radical (unpaired) electrons. The summed E-state index contributed by atoms with van der Waals surface area (Å²) in [5.41, 5.74) is 0. The molecule has 0 unspecified atom stereocenters. The van der Waals surface area contributed by atoms with Crippen LogP contribution in [-0.4, -0.2) is 38.0 Å². The summed E-state index contributed by atoms with van der Waals surface area (Å²) < 4.78 is 5.28. The van der Waals surface area contributed by atoms with Gasteiger partial charge in [0, 0.05) is 39.5 Å². The van der Waals surface area contributed by atoms with Crippen LogP contribution in [0.4, 0.5) is 0 Å². The topological polar surface area (TPSA) is 78.7 Å². The van der Waals surface area contributed by atoms with E-state index in [1.165, 1.54) is 6.92 Å². The minimum Gasteiger partial charge on any atom is -0.469 e. The van der Waals surface area contributed by atoms with Gasteiger partial charge < -0.3 is 20.4 Å². The Kier molecular flexibility index (Phi) is 12.3. The predicted molar refractivity (Wildman–Crippen MR) is 99.6 cm³/mol. The second-order valence-corrected chi connectivity index (χ2v) is 4.49. The molecule has 22 heavy (non-hydrogen) atoms. The Morgan fingerprint density at radius 2 is 2.18 bits per heavy atom. The molecule has 1 heterocycles. The number of carbonyl (C=O) groups excluding carboxylic acids is 1. The van der Waals surface area contributed by atoms with E-state index in [1.807, 2.05) is 12.1 Å². The minimum absolute atomic E-state index is 0. The average Bonchev–Trinajstić information content (AvgIpc) is 2.96. The summed E-state index contributed by atoms with van der Waals surface area (Å²) in [5.74, 6) is 1.67. The summed E-state index contributed by atoms with van der Waals surface area (Å²) in [5, 5.41) is 9.13. The van der Waals surface area contributed by atoms with Crippen molar-refractivity contribution in [3.63, 3.8) is 0 Å². The zero-order valence-electron chi connectivity index (χ0n) is 12.9. The first-order valence-electron chi connectivity index (χ1n) is 7.12. The number of nitrogens with zero attached hydrogens (tertiary/aromatic N) is 1. The molecule has 0 aliphatic carbocycles. The number of guanidine groups is 1. The third-order valence-corrected chi connectivity index (χ3v) is 2.64. The number of carbonyl (C=O) groups is 1. The van der Waals surface area contributed by atoms with Crippen molar-refractivity contribution in [1.82, 2.24) is 16.0 Å². The lowest BCUT2D eigenvalue weighted by molar-refractivity contribution is -0.118. The molecule has 0 spiro atoms. The van der Waals surface area contributed by atoms with E-state index in [1.54, 1.807) is 12.3 Å². The zero-order valence-corrected chi connectivity index (χ0v) is 15.3. The third kappa shape index (κ3) is 10.3. The smallest absolute Gasteiger partial charge is 0.216 e. The number of rotatable bonds is 9. The minimum atomic E-state index is -0.0134. The van der Waals surface area contributed by atoms with Gasteiger partial charge in [0.25, 0.3) is 0 Å². The fourth-order valence-electron chi connectivity index (χ4n) is 1.64. The first-order chi connectivity index (χ1) is 10.2. The summed E-state index contributed by atoms with van der Waals surface area (Å²) in [6.07, 6.45) is 5.05. The van der Waals surface area contributed by atoms with E-state index in [0.29, 0.717) is 19.6 Å². The highest BCUT2D eigenvalue weighted by molar-refractivity contribution is 14.0. The Morgan fingerprint density at radius 3 is 2.82 bits per heavy atom. The van der Waals surface area contributed by atoms with Crippen molar-refractivity contribution in [3.8, 4) is 0 Å². The van der Waals surface area contributed by atoms with Crippen LogP contribution in [0, 0.1) is 0 Å². The number of amides is 1. The van der Waals surface area contributed by atoms with Crippen molar-refractivity contribution in [1.29, 1.82) is 0 Å². The van der Waals surface area contributed by atoms with Crippen LogP contribution in [0.3, 0.4) is 0 Å². The predicted octanol–water partition coefficient (Wildman–Crippen LogP) is 1.69. The Balaban J connectivity index is 0.00000441. The highest BCUT2D eigenvalue weighted by Crippen LogP contribution is 1.99. The van der Waals surface area contributed by atoms with Gasteiger partial charge in [-0.25, -0.2) is 0 Å². The molecule has 1 rings (SSSR count).